The maximum absolute atomic E-state index is 7.02. The standard InChI is InChI=1S/C50H33NOS/c1-50(43-18-8-5-14-37(43)38-15-6-9-19-44(38)50)45-20-11-17-42-39-28-26-35(30-46(39)52-49(42)45)51(34-24-22-33(23-25-34)32-12-3-2-4-13-32)36-27-29-41-40-16-7-10-21-47(40)53-48(41)31-36/h2-31H,1H3. The highest BCUT2D eigenvalue weighted by Crippen LogP contribution is 2.54. The Labute approximate surface area is 311 Å². The first-order valence-corrected chi connectivity index (χ1v) is 19.0. The van der Waals surface area contributed by atoms with Gasteiger partial charge in [0, 0.05) is 65.1 Å². The van der Waals surface area contributed by atoms with E-state index in [1.807, 2.05) is 11.3 Å². The molecule has 2 nitrogen and oxygen atoms in total. The fraction of sp³-hybridized carbons (Fsp3) is 0.0400. The van der Waals surface area contributed by atoms with Gasteiger partial charge in [-0.1, -0.05) is 133 Å². The number of anilines is 3. The Kier molecular flexibility index (Phi) is 6.58. The van der Waals surface area contributed by atoms with Crippen LogP contribution in [0.15, 0.2) is 186 Å². The summed E-state index contributed by atoms with van der Waals surface area (Å²) in [6.07, 6.45) is 0. The molecule has 0 saturated heterocycles. The fourth-order valence-electron chi connectivity index (χ4n) is 8.80. The quantitative estimate of drug-likeness (QED) is 0.178. The average Bonchev–Trinajstić information content (AvgIpc) is 3.87. The Morgan fingerprint density at radius 2 is 1.00 bits per heavy atom. The van der Waals surface area contributed by atoms with Crippen LogP contribution < -0.4 is 4.90 Å². The number of rotatable bonds is 5. The van der Waals surface area contributed by atoms with Gasteiger partial charge in [0.15, 0.2) is 0 Å². The molecule has 53 heavy (non-hydrogen) atoms. The lowest BCUT2D eigenvalue weighted by Crippen LogP contribution is -2.22. The van der Waals surface area contributed by atoms with E-state index in [-0.39, 0.29) is 5.41 Å². The molecule has 2 heterocycles. The summed E-state index contributed by atoms with van der Waals surface area (Å²) in [7, 11) is 0. The van der Waals surface area contributed by atoms with Crippen molar-refractivity contribution >= 4 is 70.5 Å². The topological polar surface area (TPSA) is 16.4 Å². The Bertz CT molecular complexity index is 2980. The SMILES string of the molecule is CC1(c2cccc3c2oc2cc(N(c4ccc(-c5ccccc5)cc4)c4ccc5c(c4)sc4ccccc45)ccc23)c2ccccc2-c2ccccc21. The molecule has 0 aliphatic heterocycles. The van der Waals surface area contributed by atoms with Gasteiger partial charge in [-0.05, 0) is 82.8 Å². The van der Waals surface area contributed by atoms with Gasteiger partial charge >= 0.3 is 0 Å². The first-order valence-electron chi connectivity index (χ1n) is 18.2. The van der Waals surface area contributed by atoms with Crippen LogP contribution in [0.5, 0.6) is 0 Å². The molecule has 0 N–H and O–H groups in total. The van der Waals surface area contributed by atoms with Crippen molar-refractivity contribution in [2.45, 2.75) is 12.3 Å². The van der Waals surface area contributed by atoms with E-state index in [9.17, 15) is 0 Å². The molecule has 11 rings (SSSR count). The number of fused-ring (bicyclic) bond motifs is 9. The van der Waals surface area contributed by atoms with E-state index in [0.29, 0.717) is 0 Å². The summed E-state index contributed by atoms with van der Waals surface area (Å²) in [6.45, 7) is 2.36. The van der Waals surface area contributed by atoms with Crippen LogP contribution in [0.25, 0.3) is 64.4 Å². The van der Waals surface area contributed by atoms with Gasteiger partial charge in [-0.25, -0.2) is 0 Å². The van der Waals surface area contributed by atoms with Gasteiger partial charge in [-0.3, -0.25) is 0 Å². The third kappa shape index (κ3) is 4.51. The molecular formula is C50H33NOS. The third-order valence-electron chi connectivity index (χ3n) is 11.4. The zero-order valence-corrected chi connectivity index (χ0v) is 29.9. The monoisotopic (exact) mass is 695 g/mol. The molecule has 0 fully saturated rings. The van der Waals surface area contributed by atoms with Gasteiger partial charge in [-0.15, -0.1) is 11.3 Å². The molecule has 1 aliphatic rings. The number of hydrogen-bond acceptors (Lipinski definition) is 3. The second-order valence-corrected chi connectivity index (χ2v) is 15.3. The minimum Gasteiger partial charge on any atom is -0.456 e. The van der Waals surface area contributed by atoms with E-state index in [4.69, 9.17) is 4.42 Å². The minimum atomic E-state index is -0.352. The number of para-hydroxylation sites is 1. The summed E-state index contributed by atoms with van der Waals surface area (Å²) in [4.78, 5) is 2.36. The van der Waals surface area contributed by atoms with E-state index in [1.165, 1.54) is 59.1 Å². The maximum Gasteiger partial charge on any atom is 0.139 e. The Hall–Kier alpha value is -6.42. The van der Waals surface area contributed by atoms with Crippen LogP contribution in [0.3, 0.4) is 0 Å². The molecule has 0 amide bonds. The molecule has 8 aromatic carbocycles. The smallest absolute Gasteiger partial charge is 0.139 e. The average molecular weight is 696 g/mol. The molecule has 250 valence electrons. The summed E-state index contributed by atoms with van der Waals surface area (Å²) < 4.78 is 9.59. The largest absolute Gasteiger partial charge is 0.456 e. The third-order valence-corrected chi connectivity index (χ3v) is 12.5. The van der Waals surface area contributed by atoms with E-state index in [2.05, 4.69) is 194 Å². The van der Waals surface area contributed by atoms with Crippen LogP contribution in [0, 0.1) is 0 Å². The normalized spacial score (nSPS) is 13.2. The lowest BCUT2D eigenvalue weighted by Gasteiger charge is -2.28. The molecule has 0 spiro atoms. The number of hydrogen-bond donors (Lipinski definition) is 0. The molecule has 2 aromatic heterocycles. The van der Waals surface area contributed by atoms with Crippen molar-refractivity contribution in [3.63, 3.8) is 0 Å². The summed E-state index contributed by atoms with van der Waals surface area (Å²) in [6, 6.07) is 66.0. The van der Waals surface area contributed by atoms with Gasteiger partial charge in [0.05, 0.1) is 0 Å². The van der Waals surface area contributed by atoms with Crippen LogP contribution >= 0.6 is 11.3 Å². The lowest BCUT2D eigenvalue weighted by molar-refractivity contribution is 0.638. The molecule has 3 heteroatoms. The predicted molar refractivity (Wildman–Crippen MR) is 224 cm³/mol. The molecular weight excluding hydrogens is 663 g/mol. The van der Waals surface area contributed by atoms with Crippen molar-refractivity contribution in [1.29, 1.82) is 0 Å². The van der Waals surface area contributed by atoms with Crippen LogP contribution in [-0.4, -0.2) is 0 Å². The lowest BCUT2D eigenvalue weighted by atomic mass is 9.74. The van der Waals surface area contributed by atoms with Crippen molar-refractivity contribution in [3.05, 3.63) is 199 Å². The number of furan rings is 1. The fourth-order valence-corrected chi connectivity index (χ4v) is 9.94. The summed E-state index contributed by atoms with van der Waals surface area (Å²) in [5.41, 5.74) is 13.5. The predicted octanol–water partition coefficient (Wildman–Crippen LogP) is 14.4. The van der Waals surface area contributed by atoms with Crippen molar-refractivity contribution in [3.8, 4) is 22.3 Å². The maximum atomic E-state index is 7.02. The zero-order chi connectivity index (χ0) is 35.1. The Balaban J connectivity index is 1.09. The van der Waals surface area contributed by atoms with Gasteiger partial charge in [0.25, 0.3) is 0 Å². The second kappa shape index (κ2) is 11.5. The summed E-state index contributed by atoms with van der Waals surface area (Å²) >= 11 is 1.85. The van der Waals surface area contributed by atoms with Crippen molar-refractivity contribution < 1.29 is 4.42 Å². The molecule has 1 aliphatic carbocycles. The van der Waals surface area contributed by atoms with Gasteiger partial charge < -0.3 is 9.32 Å². The van der Waals surface area contributed by atoms with E-state index >= 15 is 0 Å². The van der Waals surface area contributed by atoms with Crippen molar-refractivity contribution in [2.24, 2.45) is 0 Å². The molecule has 0 saturated carbocycles. The van der Waals surface area contributed by atoms with Crippen molar-refractivity contribution in [1.82, 2.24) is 0 Å². The van der Waals surface area contributed by atoms with Crippen LogP contribution in [0.4, 0.5) is 17.1 Å². The highest BCUT2D eigenvalue weighted by molar-refractivity contribution is 7.25. The van der Waals surface area contributed by atoms with Gasteiger partial charge in [0.2, 0.25) is 0 Å². The van der Waals surface area contributed by atoms with E-state index in [1.54, 1.807) is 0 Å². The first kappa shape index (κ1) is 30.2. The molecule has 10 aromatic rings. The summed E-state index contributed by atoms with van der Waals surface area (Å²) in [5.74, 6) is 0. The molecule has 0 radical (unpaired) electrons. The van der Waals surface area contributed by atoms with Crippen LogP contribution in [-0.2, 0) is 5.41 Å². The number of thiophene rings is 1. The Morgan fingerprint density at radius 3 is 1.77 bits per heavy atom. The molecule has 0 bridgehead atoms. The number of nitrogens with zero attached hydrogens (tertiary/aromatic N) is 1. The highest BCUT2D eigenvalue weighted by Gasteiger charge is 2.42. The zero-order valence-electron chi connectivity index (χ0n) is 29.1. The summed E-state index contributed by atoms with van der Waals surface area (Å²) in [5, 5.41) is 4.85. The Morgan fingerprint density at radius 1 is 0.434 bits per heavy atom. The minimum absolute atomic E-state index is 0.352. The van der Waals surface area contributed by atoms with Crippen LogP contribution in [0.1, 0.15) is 23.6 Å². The van der Waals surface area contributed by atoms with Crippen molar-refractivity contribution in [2.75, 3.05) is 4.90 Å². The van der Waals surface area contributed by atoms with Gasteiger partial charge in [-0.2, -0.15) is 0 Å². The van der Waals surface area contributed by atoms with Gasteiger partial charge in [0.1, 0.15) is 11.2 Å². The van der Waals surface area contributed by atoms with E-state index < -0.39 is 0 Å². The first-order chi connectivity index (χ1) is 26.1. The van der Waals surface area contributed by atoms with E-state index in [0.717, 1.165) is 39.0 Å². The molecule has 0 atom stereocenters. The van der Waals surface area contributed by atoms with Crippen LogP contribution in [0.2, 0.25) is 0 Å². The number of benzene rings is 8. The second-order valence-electron chi connectivity index (χ2n) is 14.2. The molecule has 0 unspecified atom stereocenters. The highest BCUT2D eigenvalue weighted by atomic mass is 32.1.